The quantitative estimate of drug-likeness (QED) is 0.489. The third-order valence-electron chi connectivity index (χ3n) is 5.07. The van der Waals surface area contributed by atoms with Gasteiger partial charge in [0.25, 0.3) is 5.91 Å². The second kappa shape index (κ2) is 8.00. The Morgan fingerprint density at radius 3 is 2.31 bits per heavy atom. The summed E-state index contributed by atoms with van der Waals surface area (Å²) in [5, 5.41) is 13.0. The number of rotatable bonds is 4. The van der Waals surface area contributed by atoms with Crippen LogP contribution in [0.25, 0.3) is 10.8 Å². The molecule has 0 radical (unpaired) electrons. The molecule has 0 atom stereocenters. The molecular weight excluding hydrogens is 390 g/mol. The third kappa shape index (κ3) is 4.12. The summed E-state index contributed by atoms with van der Waals surface area (Å²) < 4.78 is 0. The molecule has 0 aliphatic carbocycles. The van der Waals surface area contributed by atoms with Crippen LogP contribution in [0.5, 0.6) is 0 Å². The number of nitrogens with zero attached hydrogens (tertiary/aromatic N) is 3. The minimum absolute atomic E-state index is 0.0409. The SMILES string of the molecule is O=C(Cc1ccc2ccccc2c1)N1CCN(C(=O)c2ccc([N+](=O)[O-])s2)CC1. The first-order valence-electron chi connectivity index (χ1n) is 9.30. The topological polar surface area (TPSA) is 83.8 Å². The zero-order chi connectivity index (χ0) is 20.4. The summed E-state index contributed by atoms with van der Waals surface area (Å²) in [7, 11) is 0. The molecule has 4 rings (SSSR count). The van der Waals surface area contributed by atoms with Gasteiger partial charge in [0.2, 0.25) is 5.91 Å². The summed E-state index contributed by atoms with van der Waals surface area (Å²) in [6.07, 6.45) is 0.329. The lowest BCUT2D eigenvalue weighted by Crippen LogP contribution is -2.50. The van der Waals surface area contributed by atoms with Gasteiger partial charge in [-0.2, -0.15) is 0 Å². The van der Waals surface area contributed by atoms with Crippen LogP contribution in [0.4, 0.5) is 5.00 Å². The molecule has 0 unspecified atom stereocenters. The second-order valence-corrected chi connectivity index (χ2v) is 7.99. The van der Waals surface area contributed by atoms with Gasteiger partial charge in [0.05, 0.1) is 16.2 Å². The number of piperazine rings is 1. The minimum atomic E-state index is -0.495. The van der Waals surface area contributed by atoms with Crippen LogP contribution in [0.2, 0.25) is 0 Å². The van der Waals surface area contributed by atoms with E-state index in [0.29, 0.717) is 37.5 Å². The summed E-state index contributed by atoms with van der Waals surface area (Å²) in [6.45, 7) is 1.78. The van der Waals surface area contributed by atoms with Crippen molar-refractivity contribution in [1.82, 2.24) is 9.80 Å². The van der Waals surface area contributed by atoms with E-state index in [2.05, 4.69) is 0 Å². The first-order valence-corrected chi connectivity index (χ1v) is 10.1. The monoisotopic (exact) mass is 409 g/mol. The Hall–Kier alpha value is -3.26. The van der Waals surface area contributed by atoms with Gasteiger partial charge in [0.15, 0.2) is 0 Å². The van der Waals surface area contributed by atoms with E-state index in [0.717, 1.165) is 27.7 Å². The molecule has 1 saturated heterocycles. The average molecular weight is 409 g/mol. The molecule has 1 fully saturated rings. The molecule has 3 aromatic rings. The number of nitro groups is 1. The highest BCUT2D eigenvalue weighted by molar-refractivity contribution is 7.17. The van der Waals surface area contributed by atoms with E-state index in [-0.39, 0.29) is 16.8 Å². The summed E-state index contributed by atoms with van der Waals surface area (Å²) in [5.74, 6) is -0.177. The number of fused-ring (bicyclic) bond motifs is 1. The largest absolute Gasteiger partial charge is 0.339 e. The molecule has 1 aromatic heterocycles. The zero-order valence-corrected chi connectivity index (χ0v) is 16.4. The summed E-state index contributed by atoms with van der Waals surface area (Å²) in [4.78, 5) is 39.3. The van der Waals surface area contributed by atoms with Gasteiger partial charge in [-0.05, 0) is 22.4 Å². The van der Waals surface area contributed by atoms with Crippen molar-refractivity contribution in [2.45, 2.75) is 6.42 Å². The fourth-order valence-corrected chi connectivity index (χ4v) is 4.28. The number of carbonyl (C=O) groups is 2. The number of carbonyl (C=O) groups excluding carboxylic acids is 2. The molecule has 0 N–H and O–H groups in total. The molecule has 0 spiro atoms. The van der Waals surface area contributed by atoms with Crippen molar-refractivity contribution >= 4 is 38.9 Å². The molecule has 29 heavy (non-hydrogen) atoms. The second-order valence-electron chi connectivity index (χ2n) is 6.93. The third-order valence-corrected chi connectivity index (χ3v) is 6.10. The molecule has 0 bridgehead atoms. The van der Waals surface area contributed by atoms with Gasteiger partial charge in [0, 0.05) is 32.2 Å². The van der Waals surface area contributed by atoms with E-state index in [9.17, 15) is 19.7 Å². The Kier molecular flexibility index (Phi) is 5.26. The van der Waals surface area contributed by atoms with Crippen molar-refractivity contribution in [3.63, 3.8) is 0 Å². The molecule has 1 aliphatic rings. The number of hydrogen-bond donors (Lipinski definition) is 0. The molecule has 7 nitrogen and oxygen atoms in total. The van der Waals surface area contributed by atoms with Crippen LogP contribution >= 0.6 is 11.3 Å². The maximum Gasteiger partial charge on any atom is 0.324 e. The Morgan fingerprint density at radius 2 is 1.62 bits per heavy atom. The van der Waals surface area contributed by atoms with E-state index in [1.807, 2.05) is 42.5 Å². The van der Waals surface area contributed by atoms with Crippen molar-refractivity contribution in [3.8, 4) is 0 Å². The molecule has 0 saturated carbocycles. The molecule has 2 aromatic carbocycles. The van der Waals surface area contributed by atoms with Crippen LogP contribution < -0.4 is 0 Å². The zero-order valence-electron chi connectivity index (χ0n) is 15.6. The number of amides is 2. The number of thiophene rings is 1. The standard InChI is InChI=1S/C21H19N3O4S/c25-19(14-15-5-6-16-3-1-2-4-17(16)13-15)22-9-11-23(12-10-22)21(26)18-7-8-20(29-18)24(27)28/h1-8,13H,9-12,14H2. The van der Waals surface area contributed by atoms with Crippen LogP contribution in [0, 0.1) is 10.1 Å². The van der Waals surface area contributed by atoms with Gasteiger partial charge in [-0.1, -0.05) is 53.8 Å². The van der Waals surface area contributed by atoms with Crippen molar-refractivity contribution in [1.29, 1.82) is 0 Å². The van der Waals surface area contributed by atoms with Gasteiger partial charge in [0.1, 0.15) is 0 Å². The van der Waals surface area contributed by atoms with Gasteiger partial charge < -0.3 is 9.80 Å². The Balaban J connectivity index is 1.35. The Labute approximate surface area is 171 Å². The first-order chi connectivity index (χ1) is 14.0. The van der Waals surface area contributed by atoms with Crippen molar-refractivity contribution in [3.05, 3.63) is 75.2 Å². The smallest absolute Gasteiger partial charge is 0.324 e. The average Bonchev–Trinajstić information content (AvgIpc) is 3.24. The Morgan fingerprint density at radius 1 is 0.931 bits per heavy atom. The van der Waals surface area contributed by atoms with Gasteiger partial charge in [-0.25, -0.2) is 0 Å². The van der Waals surface area contributed by atoms with Crippen LogP contribution in [0.1, 0.15) is 15.2 Å². The number of benzene rings is 2. The van der Waals surface area contributed by atoms with Gasteiger partial charge in [-0.3, -0.25) is 19.7 Å². The first kappa shape index (κ1) is 19.1. The summed E-state index contributed by atoms with van der Waals surface area (Å²) in [6, 6.07) is 16.9. The predicted molar refractivity (Wildman–Crippen MR) is 111 cm³/mol. The highest BCUT2D eigenvalue weighted by Gasteiger charge is 2.26. The molecule has 1 aliphatic heterocycles. The molecular formula is C21H19N3O4S. The van der Waals surface area contributed by atoms with Crippen LogP contribution in [-0.4, -0.2) is 52.7 Å². The van der Waals surface area contributed by atoms with E-state index in [1.165, 1.54) is 12.1 Å². The van der Waals surface area contributed by atoms with Crippen molar-refractivity contribution in [2.75, 3.05) is 26.2 Å². The lowest BCUT2D eigenvalue weighted by molar-refractivity contribution is -0.380. The van der Waals surface area contributed by atoms with E-state index < -0.39 is 4.92 Å². The van der Waals surface area contributed by atoms with Crippen LogP contribution in [0.3, 0.4) is 0 Å². The van der Waals surface area contributed by atoms with E-state index in [4.69, 9.17) is 0 Å². The fourth-order valence-electron chi connectivity index (χ4n) is 3.49. The summed E-state index contributed by atoms with van der Waals surface area (Å²) in [5.41, 5.74) is 0.970. The molecule has 8 heteroatoms. The molecule has 148 valence electrons. The summed E-state index contributed by atoms with van der Waals surface area (Å²) >= 11 is 0.882. The van der Waals surface area contributed by atoms with Crippen molar-refractivity contribution < 1.29 is 14.5 Å². The van der Waals surface area contributed by atoms with E-state index >= 15 is 0 Å². The van der Waals surface area contributed by atoms with Gasteiger partial charge >= 0.3 is 5.00 Å². The predicted octanol–water partition coefficient (Wildman–Crippen LogP) is 3.34. The molecule has 2 heterocycles. The minimum Gasteiger partial charge on any atom is -0.339 e. The van der Waals surface area contributed by atoms with Crippen LogP contribution in [0.15, 0.2) is 54.6 Å². The highest BCUT2D eigenvalue weighted by Crippen LogP contribution is 2.25. The van der Waals surface area contributed by atoms with Crippen LogP contribution in [-0.2, 0) is 11.2 Å². The maximum absolute atomic E-state index is 12.7. The lowest BCUT2D eigenvalue weighted by atomic mass is 10.0. The normalized spacial score (nSPS) is 14.2. The van der Waals surface area contributed by atoms with E-state index in [1.54, 1.807) is 9.80 Å². The van der Waals surface area contributed by atoms with Gasteiger partial charge in [-0.15, -0.1) is 0 Å². The fraction of sp³-hybridized carbons (Fsp3) is 0.238. The Bertz CT molecular complexity index is 1090. The highest BCUT2D eigenvalue weighted by atomic mass is 32.1. The number of hydrogen-bond acceptors (Lipinski definition) is 5. The lowest BCUT2D eigenvalue weighted by Gasteiger charge is -2.34. The molecule has 2 amide bonds. The maximum atomic E-state index is 12.7. The van der Waals surface area contributed by atoms with Crippen molar-refractivity contribution in [2.24, 2.45) is 0 Å².